The van der Waals surface area contributed by atoms with Gasteiger partial charge in [0.25, 0.3) is 0 Å². The third-order valence-electron chi connectivity index (χ3n) is 5.04. The van der Waals surface area contributed by atoms with Crippen LogP contribution in [0.3, 0.4) is 0 Å². The van der Waals surface area contributed by atoms with Crippen LogP contribution in [-0.4, -0.2) is 18.3 Å². The highest BCUT2D eigenvalue weighted by molar-refractivity contribution is 6.62. The van der Waals surface area contributed by atoms with Crippen molar-refractivity contribution in [2.24, 2.45) is 0 Å². The first-order chi connectivity index (χ1) is 8.89. The Morgan fingerprint density at radius 2 is 1.47 bits per heavy atom. The maximum absolute atomic E-state index is 6.07. The lowest BCUT2D eigenvalue weighted by molar-refractivity contribution is 0.00578. The molecule has 0 aromatic heterocycles. The Morgan fingerprint density at radius 1 is 0.947 bits per heavy atom. The lowest BCUT2D eigenvalue weighted by Crippen LogP contribution is -2.41. The Balaban J connectivity index is 1.76. The van der Waals surface area contributed by atoms with Crippen LogP contribution in [0.5, 0.6) is 0 Å². The lowest BCUT2D eigenvalue weighted by Gasteiger charge is -2.32. The topological polar surface area (TPSA) is 18.5 Å². The van der Waals surface area contributed by atoms with Gasteiger partial charge in [-0.3, -0.25) is 0 Å². The number of rotatable bonds is 2. The molecule has 1 aliphatic carbocycles. The van der Waals surface area contributed by atoms with Crippen molar-refractivity contribution in [3.63, 3.8) is 0 Å². The quantitative estimate of drug-likeness (QED) is 0.758. The monoisotopic (exact) mass is 258 g/mol. The Bertz CT molecular complexity index is 444. The molecule has 19 heavy (non-hydrogen) atoms. The van der Waals surface area contributed by atoms with Crippen molar-refractivity contribution >= 4 is 12.6 Å². The zero-order chi connectivity index (χ0) is 13.7. The second-order valence-corrected chi connectivity index (χ2v) is 6.88. The molecule has 1 aromatic rings. The van der Waals surface area contributed by atoms with Crippen LogP contribution in [0.15, 0.2) is 24.3 Å². The molecule has 3 rings (SSSR count). The van der Waals surface area contributed by atoms with Gasteiger partial charge in [0.1, 0.15) is 0 Å². The summed E-state index contributed by atoms with van der Waals surface area (Å²) in [4.78, 5) is 0. The molecular formula is C16H23BO2. The zero-order valence-electron chi connectivity index (χ0n) is 12.4. The van der Waals surface area contributed by atoms with Crippen LogP contribution in [0.1, 0.15) is 58.4 Å². The molecule has 2 nitrogen and oxygen atoms in total. The summed E-state index contributed by atoms with van der Waals surface area (Å²) in [5.74, 6) is 0.785. The summed E-state index contributed by atoms with van der Waals surface area (Å²) in [6, 6.07) is 8.81. The molecule has 1 heterocycles. The Morgan fingerprint density at radius 3 is 1.89 bits per heavy atom. The highest BCUT2D eigenvalue weighted by atomic mass is 16.7. The van der Waals surface area contributed by atoms with Crippen LogP contribution in [0.25, 0.3) is 0 Å². The van der Waals surface area contributed by atoms with Crippen molar-refractivity contribution in [3.05, 3.63) is 29.8 Å². The van der Waals surface area contributed by atoms with Crippen molar-refractivity contribution in [1.29, 1.82) is 0 Å². The van der Waals surface area contributed by atoms with E-state index >= 15 is 0 Å². The van der Waals surface area contributed by atoms with Gasteiger partial charge in [-0.05, 0) is 57.5 Å². The number of benzene rings is 1. The first-order valence-corrected chi connectivity index (χ1v) is 7.34. The van der Waals surface area contributed by atoms with Gasteiger partial charge in [0, 0.05) is 0 Å². The maximum atomic E-state index is 6.07. The van der Waals surface area contributed by atoms with Crippen LogP contribution < -0.4 is 5.46 Å². The van der Waals surface area contributed by atoms with Crippen molar-refractivity contribution in [2.75, 3.05) is 0 Å². The van der Waals surface area contributed by atoms with Crippen LogP contribution >= 0.6 is 0 Å². The fourth-order valence-corrected chi connectivity index (χ4v) is 2.65. The molecule has 0 radical (unpaired) electrons. The van der Waals surface area contributed by atoms with Gasteiger partial charge in [-0.2, -0.15) is 0 Å². The average Bonchev–Trinajstić information content (AvgIpc) is 2.47. The summed E-state index contributed by atoms with van der Waals surface area (Å²) < 4.78 is 12.1. The Labute approximate surface area is 116 Å². The van der Waals surface area contributed by atoms with E-state index in [4.69, 9.17) is 9.31 Å². The van der Waals surface area contributed by atoms with Gasteiger partial charge in [-0.25, -0.2) is 0 Å². The average molecular weight is 258 g/mol. The van der Waals surface area contributed by atoms with E-state index in [2.05, 4.69) is 52.0 Å². The summed E-state index contributed by atoms with van der Waals surface area (Å²) in [5, 5.41) is 0. The van der Waals surface area contributed by atoms with Gasteiger partial charge in [-0.1, -0.05) is 30.7 Å². The van der Waals surface area contributed by atoms with E-state index in [0.29, 0.717) is 0 Å². The van der Waals surface area contributed by atoms with Crippen LogP contribution in [0, 0.1) is 0 Å². The minimum Gasteiger partial charge on any atom is -0.399 e. The molecule has 0 atom stereocenters. The summed E-state index contributed by atoms with van der Waals surface area (Å²) in [6.45, 7) is 8.37. The molecule has 0 bridgehead atoms. The van der Waals surface area contributed by atoms with E-state index in [9.17, 15) is 0 Å². The molecule has 1 aliphatic heterocycles. The van der Waals surface area contributed by atoms with Crippen molar-refractivity contribution < 1.29 is 9.31 Å². The fourth-order valence-electron chi connectivity index (χ4n) is 2.65. The van der Waals surface area contributed by atoms with Crippen LogP contribution in [-0.2, 0) is 9.31 Å². The molecule has 1 saturated carbocycles. The zero-order valence-corrected chi connectivity index (χ0v) is 12.4. The SMILES string of the molecule is CC1(C)OB(c2ccc(C3CCC3)cc2)OC1(C)C. The highest BCUT2D eigenvalue weighted by Gasteiger charge is 2.51. The first-order valence-electron chi connectivity index (χ1n) is 7.34. The van der Waals surface area contributed by atoms with Gasteiger partial charge in [0.05, 0.1) is 11.2 Å². The minimum absolute atomic E-state index is 0.236. The smallest absolute Gasteiger partial charge is 0.399 e. The van der Waals surface area contributed by atoms with E-state index in [0.717, 1.165) is 11.4 Å². The van der Waals surface area contributed by atoms with Crippen molar-refractivity contribution in [3.8, 4) is 0 Å². The number of hydrogen-bond donors (Lipinski definition) is 0. The maximum Gasteiger partial charge on any atom is 0.494 e. The molecule has 3 heteroatoms. The molecule has 2 fully saturated rings. The molecule has 1 saturated heterocycles. The molecule has 1 aromatic carbocycles. The third kappa shape index (κ3) is 2.23. The Kier molecular flexibility index (Phi) is 3.03. The molecule has 0 spiro atoms. The van der Waals surface area contributed by atoms with Crippen LogP contribution in [0.4, 0.5) is 0 Å². The van der Waals surface area contributed by atoms with Crippen molar-refractivity contribution in [2.45, 2.75) is 64.1 Å². The van der Waals surface area contributed by atoms with Gasteiger partial charge in [0.15, 0.2) is 0 Å². The van der Waals surface area contributed by atoms with Gasteiger partial charge in [0.2, 0.25) is 0 Å². The second-order valence-electron chi connectivity index (χ2n) is 6.88. The second kappa shape index (κ2) is 4.36. The molecule has 102 valence electrons. The normalized spacial score (nSPS) is 25.4. The van der Waals surface area contributed by atoms with E-state index in [1.807, 2.05) is 0 Å². The Hall–Kier alpha value is -0.795. The van der Waals surface area contributed by atoms with Gasteiger partial charge in [-0.15, -0.1) is 0 Å². The van der Waals surface area contributed by atoms with Crippen LogP contribution in [0.2, 0.25) is 0 Å². The molecule has 0 unspecified atom stereocenters. The van der Waals surface area contributed by atoms with Crippen molar-refractivity contribution in [1.82, 2.24) is 0 Å². The molecule has 2 aliphatic rings. The summed E-state index contributed by atoms with van der Waals surface area (Å²) in [7, 11) is -0.236. The molecular weight excluding hydrogens is 235 g/mol. The largest absolute Gasteiger partial charge is 0.494 e. The standard InChI is InChI=1S/C16H23BO2/c1-15(2)16(3,4)19-17(18-15)14-10-8-13(9-11-14)12-6-5-7-12/h8-12H,5-7H2,1-4H3. The molecule has 0 N–H and O–H groups in total. The van der Waals surface area contributed by atoms with E-state index in [1.54, 1.807) is 0 Å². The van der Waals surface area contributed by atoms with Gasteiger partial charge < -0.3 is 9.31 Å². The highest BCUT2D eigenvalue weighted by Crippen LogP contribution is 2.37. The predicted octanol–water partition coefficient (Wildman–Crippen LogP) is 3.25. The van der Waals surface area contributed by atoms with E-state index in [1.165, 1.54) is 24.8 Å². The lowest BCUT2D eigenvalue weighted by atomic mass is 9.75. The predicted molar refractivity (Wildman–Crippen MR) is 78.8 cm³/mol. The van der Waals surface area contributed by atoms with E-state index in [-0.39, 0.29) is 18.3 Å². The first kappa shape index (κ1) is 13.2. The summed E-state index contributed by atoms with van der Waals surface area (Å²) >= 11 is 0. The fraction of sp³-hybridized carbons (Fsp3) is 0.625. The molecule has 0 amide bonds. The van der Waals surface area contributed by atoms with Gasteiger partial charge >= 0.3 is 7.12 Å². The minimum atomic E-state index is -0.260. The number of hydrogen-bond acceptors (Lipinski definition) is 2. The third-order valence-corrected chi connectivity index (χ3v) is 5.04. The summed E-state index contributed by atoms with van der Waals surface area (Å²) in [6.07, 6.45) is 4.06. The van der Waals surface area contributed by atoms with E-state index < -0.39 is 0 Å². The summed E-state index contributed by atoms with van der Waals surface area (Å²) in [5.41, 5.74) is 2.07.